The Hall–Kier alpha value is -2.55. The molecule has 1 aliphatic carbocycles. The van der Waals surface area contributed by atoms with Crippen molar-refractivity contribution in [3.05, 3.63) is 42.2 Å². The van der Waals surface area contributed by atoms with Crippen LogP contribution in [0.3, 0.4) is 0 Å². The van der Waals surface area contributed by atoms with Crippen LogP contribution in [0.1, 0.15) is 24.8 Å². The molecule has 1 atom stereocenters. The van der Waals surface area contributed by atoms with E-state index < -0.39 is 11.7 Å². The van der Waals surface area contributed by atoms with Crippen molar-refractivity contribution in [3.63, 3.8) is 0 Å². The fourth-order valence-electron chi connectivity index (χ4n) is 3.54. The van der Waals surface area contributed by atoms with Gasteiger partial charge in [-0.15, -0.1) is 0 Å². The van der Waals surface area contributed by atoms with E-state index in [4.69, 9.17) is 4.74 Å². The van der Waals surface area contributed by atoms with Crippen LogP contribution in [0.5, 0.6) is 0 Å². The number of carbonyl (C=O) groups is 1. The van der Waals surface area contributed by atoms with Crippen LogP contribution in [0.15, 0.2) is 36.7 Å². The molecular formula is C18H19F3N4O2. The lowest BCUT2D eigenvalue weighted by Crippen LogP contribution is -2.35. The first-order valence-electron chi connectivity index (χ1n) is 8.73. The molecule has 2 amide bonds. The number of hydrogen-bond donors (Lipinski definition) is 2. The van der Waals surface area contributed by atoms with Crippen molar-refractivity contribution >= 4 is 11.7 Å². The number of halogens is 3. The van der Waals surface area contributed by atoms with Gasteiger partial charge in [-0.25, -0.2) is 9.48 Å². The van der Waals surface area contributed by atoms with Gasteiger partial charge in [-0.2, -0.15) is 18.3 Å². The van der Waals surface area contributed by atoms with Gasteiger partial charge in [0, 0.05) is 31.1 Å². The van der Waals surface area contributed by atoms with Crippen LogP contribution in [0.25, 0.3) is 5.69 Å². The largest absolute Gasteiger partial charge is 0.419 e. The molecule has 0 bridgehead atoms. The molecular weight excluding hydrogens is 361 g/mol. The van der Waals surface area contributed by atoms with E-state index in [1.807, 2.05) is 0 Å². The quantitative estimate of drug-likeness (QED) is 0.855. The Labute approximate surface area is 153 Å². The van der Waals surface area contributed by atoms with Gasteiger partial charge < -0.3 is 15.4 Å². The predicted molar refractivity (Wildman–Crippen MR) is 91.6 cm³/mol. The molecule has 9 heteroatoms. The van der Waals surface area contributed by atoms with E-state index in [0.717, 1.165) is 49.6 Å². The first-order chi connectivity index (χ1) is 12.9. The number of urea groups is 1. The van der Waals surface area contributed by atoms with Gasteiger partial charge in [-0.05, 0) is 42.9 Å². The second kappa shape index (κ2) is 6.56. The minimum Gasteiger partial charge on any atom is -0.381 e. The Kier molecular flexibility index (Phi) is 4.33. The first kappa shape index (κ1) is 17.8. The maximum absolute atomic E-state index is 12.7. The summed E-state index contributed by atoms with van der Waals surface area (Å²) >= 11 is 0. The van der Waals surface area contributed by atoms with Gasteiger partial charge in [-0.1, -0.05) is 6.07 Å². The van der Waals surface area contributed by atoms with Gasteiger partial charge in [-0.3, -0.25) is 0 Å². The molecule has 1 aromatic carbocycles. The summed E-state index contributed by atoms with van der Waals surface area (Å²) in [5.41, 5.74) is 0.251. The monoisotopic (exact) mass is 380 g/mol. The first-order valence-corrected chi connectivity index (χ1v) is 8.73. The summed E-state index contributed by atoms with van der Waals surface area (Å²) < 4.78 is 44.7. The molecule has 1 saturated carbocycles. The van der Waals surface area contributed by atoms with E-state index in [0.29, 0.717) is 11.4 Å². The lowest BCUT2D eigenvalue weighted by atomic mass is 9.96. The standard InChI is InChI=1S/C18H19F3N4O2/c19-18(20,21)12-10-22-25(11-12)14-3-1-2-13(8-14)23-16(26)24-15-9-17(15)4-6-27-7-5-17/h1-3,8,10-11,15H,4-7,9H2,(H2,23,24,26). The van der Waals surface area contributed by atoms with Gasteiger partial charge in [0.15, 0.2) is 0 Å². The summed E-state index contributed by atoms with van der Waals surface area (Å²) in [4.78, 5) is 12.2. The summed E-state index contributed by atoms with van der Waals surface area (Å²) in [6.07, 6.45) is 0.101. The lowest BCUT2D eigenvalue weighted by molar-refractivity contribution is -0.137. The molecule has 144 valence electrons. The Bertz CT molecular complexity index is 843. The normalized spacial score (nSPS) is 21.1. The second-order valence-electron chi connectivity index (χ2n) is 7.05. The number of nitrogens with one attached hydrogen (secondary N) is 2. The SMILES string of the molecule is O=C(Nc1cccc(-n2cc(C(F)(F)F)cn2)c1)NC1CC12CCOCC2. The van der Waals surface area contributed by atoms with E-state index >= 15 is 0 Å². The molecule has 2 fully saturated rings. The van der Waals surface area contributed by atoms with Crippen molar-refractivity contribution in [3.8, 4) is 5.69 Å². The molecule has 1 unspecified atom stereocenters. The average Bonchev–Trinajstić information content (AvgIpc) is 3.06. The highest BCUT2D eigenvalue weighted by atomic mass is 19.4. The molecule has 1 saturated heterocycles. The summed E-state index contributed by atoms with van der Waals surface area (Å²) in [6, 6.07) is 6.34. The molecule has 2 aromatic rings. The van der Waals surface area contributed by atoms with Crippen LogP contribution >= 0.6 is 0 Å². The number of nitrogens with zero attached hydrogens (tertiary/aromatic N) is 2. The third-order valence-corrected chi connectivity index (χ3v) is 5.26. The number of ether oxygens (including phenoxy) is 1. The molecule has 27 heavy (non-hydrogen) atoms. The van der Waals surface area contributed by atoms with Gasteiger partial charge >= 0.3 is 12.2 Å². The van der Waals surface area contributed by atoms with Crippen LogP contribution in [-0.2, 0) is 10.9 Å². The van der Waals surface area contributed by atoms with E-state index in [-0.39, 0.29) is 17.5 Å². The number of hydrogen-bond acceptors (Lipinski definition) is 3. The number of rotatable bonds is 3. The highest BCUT2D eigenvalue weighted by molar-refractivity contribution is 5.90. The van der Waals surface area contributed by atoms with E-state index in [2.05, 4.69) is 15.7 Å². The van der Waals surface area contributed by atoms with Crippen LogP contribution in [0.2, 0.25) is 0 Å². The van der Waals surface area contributed by atoms with Gasteiger partial charge in [0.25, 0.3) is 0 Å². The minimum absolute atomic E-state index is 0.144. The molecule has 2 aliphatic rings. The van der Waals surface area contributed by atoms with Crippen molar-refractivity contribution in [1.82, 2.24) is 15.1 Å². The third-order valence-electron chi connectivity index (χ3n) is 5.26. The number of benzene rings is 1. The Morgan fingerprint density at radius 1 is 1.30 bits per heavy atom. The van der Waals surface area contributed by atoms with Crippen molar-refractivity contribution in [2.24, 2.45) is 5.41 Å². The number of anilines is 1. The zero-order valence-electron chi connectivity index (χ0n) is 14.4. The molecule has 6 nitrogen and oxygen atoms in total. The summed E-state index contributed by atoms with van der Waals surface area (Å²) in [7, 11) is 0. The number of amides is 2. The molecule has 2 heterocycles. The van der Waals surface area contributed by atoms with Crippen molar-refractivity contribution < 1.29 is 22.7 Å². The highest BCUT2D eigenvalue weighted by Crippen LogP contribution is 2.53. The summed E-state index contributed by atoms with van der Waals surface area (Å²) in [5, 5.41) is 9.45. The van der Waals surface area contributed by atoms with E-state index in [1.165, 1.54) is 0 Å². The lowest BCUT2D eigenvalue weighted by Gasteiger charge is -2.22. The van der Waals surface area contributed by atoms with E-state index in [1.54, 1.807) is 24.3 Å². The van der Waals surface area contributed by atoms with Crippen molar-refractivity contribution in [2.75, 3.05) is 18.5 Å². The summed E-state index contributed by atoms with van der Waals surface area (Å²) in [6.45, 7) is 1.46. The van der Waals surface area contributed by atoms with Crippen molar-refractivity contribution in [2.45, 2.75) is 31.5 Å². The van der Waals surface area contributed by atoms with Gasteiger partial charge in [0.1, 0.15) is 0 Å². The molecule has 1 aliphatic heterocycles. The molecule has 1 spiro atoms. The maximum atomic E-state index is 12.7. The van der Waals surface area contributed by atoms with Crippen LogP contribution < -0.4 is 10.6 Å². The van der Waals surface area contributed by atoms with Gasteiger partial charge in [0.2, 0.25) is 0 Å². The van der Waals surface area contributed by atoms with E-state index in [9.17, 15) is 18.0 Å². The Morgan fingerprint density at radius 2 is 2.07 bits per heavy atom. The topological polar surface area (TPSA) is 68.2 Å². The molecule has 2 N–H and O–H groups in total. The highest BCUT2D eigenvalue weighted by Gasteiger charge is 2.55. The molecule has 4 rings (SSSR count). The van der Waals surface area contributed by atoms with Crippen LogP contribution in [-0.4, -0.2) is 35.1 Å². The van der Waals surface area contributed by atoms with Crippen molar-refractivity contribution in [1.29, 1.82) is 0 Å². The average molecular weight is 380 g/mol. The summed E-state index contributed by atoms with van der Waals surface area (Å²) in [5.74, 6) is 0. The fourth-order valence-corrected chi connectivity index (χ4v) is 3.54. The fraction of sp³-hybridized carbons (Fsp3) is 0.444. The van der Waals surface area contributed by atoms with Gasteiger partial charge in [0.05, 0.1) is 17.4 Å². The Balaban J connectivity index is 1.39. The number of carbonyl (C=O) groups excluding carboxylic acids is 1. The molecule has 0 radical (unpaired) electrons. The number of alkyl halides is 3. The molecule has 1 aromatic heterocycles. The predicted octanol–water partition coefficient (Wildman–Crippen LogP) is 3.58. The zero-order valence-corrected chi connectivity index (χ0v) is 14.4. The van der Waals surface area contributed by atoms with Crippen LogP contribution in [0.4, 0.5) is 23.7 Å². The zero-order chi connectivity index (χ0) is 19.1. The Morgan fingerprint density at radius 3 is 2.78 bits per heavy atom. The minimum atomic E-state index is -4.45. The van der Waals surface area contributed by atoms with Crippen LogP contribution in [0, 0.1) is 5.41 Å². The maximum Gasteiger partial charge on any atom is 0.419 e. The smallest absolute Gasteiger partial charge is 0.381 e. The third kappa shape index (κ3) is 3.78. The second-order valence-corrected chi connectivity index (χ2v) is 7.05. The number of aromatic nitrogens is 2.